The topological polar surface area (TPSA) is 106 Å². The van der Waals surface area contributed by atoms with Crippen molar-refractivity contribution in [1.82, 2.24) is 0 Å². The first-order valence-electron chi connectivity index (χ1n) is 7.72. The Morgan fingerprint density at radius 1 is 1.50 bits per heavy atom. The van der Waals surface area contributed by atoms with Crippen molar-refractivity contribution in [3.63, 3.8) is 0 Å². The zero-order valence-electron chi connectivity index (χ0n) is 14.4. The Labute approximate surface area is 158 Å². The second kappa shape index (κ2) is 6.27. The predicted octanol–water partition coefficient (Wildman–Crippen LogP) is 2.22. The molecule has 0 aromatic heterocycles. The number of hydrogen-bond donors (Lipinski definition) is 1. The van der Waals surface area contributed by atoms with Gasteiger partial charge in [0.05, 0.1) is 11.3 Å². The summed E-state index contributed by atoms with van der Waals surface area (Å²) in [5.74, 6) is -0.831. The van der Waals surface area contributed by atoms with E-state index < -0.39 is 11.3 Å². The van der Waals surface area contributed by atoms with Gasteiger partial charge in [0.2, 0.25) is 11.8 Å². The van der Waals surface area contributed by atoms with Crippen LogP contribution < -0.4 is 10.6 Å². The fraction of sp³-hybridized carbons (Fsp3) is 0.278. The molecular formula is C18H16BrN3O4. The van der Waals surface area contributed by atoms with Gasteiger partial charge in [-0.15, -0.1) is 0 Å². The average Bonchev–Trinajstić information content (AvgIpc) is 2.78. The van der Waals surface area contributed by atoms with Crippen molar-refractivity contribution in [1.29, 1.82) is 5.26 Å². The number of carbonyl (C=O) groups is 2. The van der Waals surface area contributed by atoms with Crippen LogP contribution in [0, 0.1) is 11.3 Å². The van der Waals surface area contributed by atoms with Crippen molar-refractivity contribution in [3.8, 4) is 6.07 Å². The Balaban J connectivity index is 2.48. The fourth-order valence-electron chi connectivity index (χ4n) is 3.70. The fourth-order valence-corrected chi connectivity index (χ4v) is 4.06. The number of amides is 1. The zero-order chi connectivity index (χ0) is 19.2. The second-order valence-electron chi connectivity index (χ2n) is 6.00. The first-order chi connectivity index (χ1) is 12.3. The molecule has 3 rings (SSSR count). The number of allylic oxidation sites excluding steroid dienone is 1. The Morgan fingerprint density at radius 3 is 2.77 bits per heavy atom. The van der Waals surface area contributed by atoms with Crippen molar-refractivity contribution in [2.24, 2.45) is 5.73 Å². The standard InChI is InChI=1S/C18H16BrN3O4/c1-9(23)15-10(2)26-16(21)13(7-20)18(15)12-6-11(19)4-5-14(12)22(8-25-3)17(18)24/h4-6H,8,21H2,1-3H3/t18-/m1/s1. The van der Waals surface area contributed by atoms with Gasteiger partial charge in [0, 0.05) is 17.1 Å². The van der Waals surface area contributed by atoms with Gasteiger partial charge in [-0.2, -0.15) is 5.26 Å². The van der Waals surface area contributed by atoms with Gasteiger partial charge < -0.3 is 15.2 Å². The molecule has 0 aliphatic carbocycles. The van der Waals surface area contributed by atoms with Crippen LogP contribution in [0.4, 0.5) is 5.69 Å². The molecule has 7 nitrogen and oxygen atoms in total. The summed E-state index contributed by atoms with van der Waals surface area (Å²) in [4.78, 5) is 27.5. The van der Waals surface area contributed by atoms with Crippen molar-refractivity contribution in [2.75, 3.05) is 18.7 Å². The number of halogens is 1. The van der Waals surface area contributed by atoms with Crippen LogP contribution in [0.1, 0.15) is 19.4 Å². The summed E-state index contributed by atoms with van der Waals surface area (Å²) >= 11 is 3.40. The number of anilines is 1. The number of nitrogens with zero attached hydrogens (tertiary/aromatic N) is 2. The quantitative estimate of drug-likeness (QED) is 0.807. The largest absolute Gasteiger partial charge is 0.445 e. The van der Waals surface area contributed by atoms with E-state index in [0.29, 0.717) is 15.7 Å². The van der Waals surface area contributed by atoms with E-state index in [2.05, 4.69) is 15.9 Å². The molecule has 1 aromatic carbocycles. The van der Waals surface area contributed by atoms with Crippen molar-refractivity contribution in [3.05, 3.63) is 51.0 Å². The van der Waals surface area contributed by atoms with Crippen LogP contribution in [-0.4, -0.2) is 25.5 Å². The van der Waals surface area contributed by atoms with Crippen LogP contribution in [-0.2, 0) is 24.5 Å². The highest BCUT2D eigenvalue weighted by Gasteiger charge is 2.61. The zero-order valence-corrected chi connectivity index (χ0v) is 16.0. The lowest BCUT2D eigenvalue weighted by Gasteiger charge is -2.34. The first-order valence-corrected chi connectivity index (χ1v) is 8.51. The highest BCUT2D eigenvalue weighted by atomic mass is 79.9. The smallest absolute Gasteiger partial charge is 0.249 e. The maximum Gasteiger partial charge on any atom is 0.249 e. The van der Waals surface area contributed by atoms with Crippen molar-refractivity contribution in [2.45, 2.75) is 19.3 Å². The molecule has 2 aliphatic heterocycles. The molecule has 2 N–H and O–H groups in total. The minimum Gasteiger partial charge on any atom is -0.445 e. The van der Waals surface area contributed by atoms with Gasteiger partial charge in [0.15, 0.2) is 5.78 Å². The molecule has 2 heterocycles. The molecule has 0 unspecified atom stereocenters. The van der Waals surface area contributed by atoms with Crippen LogP contribution >= 0.6 is 15.9 Å². The summed E-state index contributed by atoms with van der Waals surface area (Å²) in [5, 5.41) is 9.79. The van der Waals surface area contributed by atoms with Crippen LogP contribution in [0.3, 0.4) is 0 Å². The Morgan fingerprint density at radius 2 is 2.19 bits per heavy atom. The van der Waals surface area contributed by atoms with Gasteiger partial charge in [-0.3, -0.25) is 14.5 Å². The molecule has 26 heavy (non-hydrogen) atoms. The number of rotatable bonds is 3. The van der Waals surface area contributed by atoms with Crippen molar-refractivity contribution >= 4 is 33.3 Å². The van der Waals surface area contributed by atoms with E-state index in [1.807, 2.05) is 6.07 Å². The lowest BCUT2D eigenvalue weighted by molar-refractivity contribution is -0.124. The van der Waals surface area contributed by atoms with Crippen LogP contribution in [0.25, 0.3) is 0 Å². The first kappa shape index (κ1) is 18.2. The van der Waals surface area contributed by atoms with Crippen molar-refractivity contribution < 1.29 is 19.1 Å². The number of methoxy groups -OCH3 is 1. The van der Waals surface area contributed by atoms with Crippen LogP contribution in [0.2, 0.25) is 0 Å². The summed E-state index contributed by atoms with van der Waals surface area (Å²) < 4.78 is 11.3. The van der Waals surface area contributed by atoms with Gasteiger partial charge in [0.1, 0.15) is 29.5 Å². The monoisotopic (exact) mass is 417 g/mol. The Bertz CT molecular complexity index is 944. The number of ether oxygens (including phenoxy) is 2. The molecular weight excluding hydrogens is 402 g/mol. The van der Waals surface area contributed by atoms with Crippen LogP contribution in [0.15, 0.2) is 45.5 Å². The van der Waals surface area contributed by atoms with Gasteiger partial charge in [-0.1, -0.05) is 15.9 Å². The number of nitrogens with two attached hydrogens (primary N) is 1. The second-order valence-corrected chi connectivity index (χ2v) is 6.92. The highest BCUT2D eigenvalue weighted by molar-refractivity contribution is 9.10. The molecule has 2 aliphatic rings. The van der Waals surface area contributed by atoms with Gasteiger partial charge in [-0.25, -0.2) is 0 Å². The minimum absolute atomic E-state index is 0.0289. The molecule has 0 saturated heterocycles. The Kier molecular flexibility index (Phi) is 4.38. The molecule has 8 heteroatoms. The minimum atomic E-state index is -1.65. The summed E-state index contributed by atoms with van der Waals surface area (Å²) in [6, 6.07) is 7.21. The number of hydrogen-bond acceptors (Lipinski definition) is 6. The van der Waals surface area contributed by atoms with Gasteiger partial charge in [-0.05, 0) is 32.0 Å². The average molecular weight is 418 g/mol. The molecule has 0 fully saturated rings. The van der Waals surface area contributed by atoms with Crippen LogP contribution in [0.5, 0.6) is 0 Å². The normalized spacial score (nSPS) is 21.8. The molecule has 1 amide bonds. The molecule has 0 radical (unpaired) electrons. The number of Topliss-reactive ketones (excluding diaryl/α,β-unsaturated/α-hetero) is 1. The lowest BCUT2D eigenvalue weighted by Crippen LogP contribution is -2.48. The number of ketones is 1. The van der Waals surface area contributed by atoms with E-state index >= 15 is 0 Å². The summed E-state index contributed by atoms with van der Waals surface area (Å²) in [6.45, 7) is 2.87. The number of nitriles is 1. The lowest BCUT2D eigenvalue weighted by atomic mass is 9.67. The van der Waals surface area contributed by atoms with E-state index in [1.165, 1.54) is 18.9 Å². The maximum absolute atomic E-state index is 13.6. The van der Waals surface area contributed by atoms with E-state index in [1.54, 1.807) is 25.1 Å². The molecule has 0 bridgehead atoms. The third-order valence-electron chi connectivity index (χ3n) is 4.55. The van der Waals surface area contributed by atoms with E-state index in [-0.39, 0.29) is 35.3 Å². The number of fused-ring (bicyclic) bond motifs is 2. The summed E-state index contributed by atoms with van der Waals surface area (Å²) in [7, 11) is 1.46. The Hall–Kier alpha value is -2.63. The molecule has 1 atom stereocenters. The van der Waals surface area contributed by atoms with E-state index in [9.17, 15) is 14.9 Å². The summed E-state index contributed by atoms with van der Waals surface area (Å²) in [6.07, 6.45) is 0. The molecule has 0 saturated carbocycles. The maximum atomic E-state index is 13.6. The third-order valence-corrected chi connectivity index (χ3v) is 5.05. The van der Waals surface area contributed by atoms with Gasteiger partial charge >= 0.3 is 0 Å². The highest BCUT2D eigenvalue weighted by Crippen LogP contribution is 2.54. The third kappa shape index (κ3) is 2.21. The molecule has 134 valence electrons. The SMILES string of the molecule is COCN1C(=O)[C@@]2(C(C#N)=C(N)OC(C)=C2C(C)=O)c2cc(Br)ccc21. The van der Waals surface area contributed by atoms with E-state index in [0.717, 1.165) is 0 Å². The number of carbonyl (C=O) groups excluding carboxylic acids is 2. The molecule has 1 spiro atoms. The number of benzene rings is 1. The predicted molar refractivity (Wildman–Crippen MR) is 96.5 cm³/mol. The van der Waals surface area contributed by atoms with E-state index in [4.69, 9.17) is 15.2 Å². The summed E-state index contributed by atoms with van der Waals surface area (Å²) in [5.41, 5.74) is 5.34. The van der Waals surface area contributed by atoms with Gasteiger partial charge in [0.25, 0.3) is 0 Å². The molecule has 1 aromatic rings.